The minimum absolute atomic E-state index is 0.233. The summed E-state index contributed by atoms with van der Waals surface area (Å²) in [5.74, 6) is 1.02. The minimum Gasteiger partial charge on any atom is -0.294 e. The molecule has 0 amide bonds. The second-order valence-corrected chi connectivity index (χ2v) is 3.37. The summed E-state index contributed by atoms with van der Waals surface area (Å²) < 4.78 is 0. The maximum atomic E-state index is 11.4. The van der Waals surface area contributed by atoms with Crippen LogP contribution in [-0.4, -0.2) is 11.7 Å². The molecule has 12 heavy (non-hydrogen) atoms. The quantitative estimate of drug-likeness (QED) is 0.608. The summed E-state index contributed by atoms with van der Waals surface area (Å²) in [5, 5.41) is 0. The SMILES string of the molecule is O=C1C[C@@H](CCl)c2ccccc21. The summed E-state index contributed by atoms with van der Waals surface area (Å²) in [4.78, 5) is 11.4. The van der Waals surface area contributed by atoms with E-state index in [0.29, 0.717) is 12.3 Å². The highest BCUT2D eigenvalue weighted by atomic mass is 35.5. The third-order valence-corrected chi connectivity index (χ3v) is 2.69. The molecule has 1 aromatic carbocycles. The lowest BCUT2D eigenvalue weighted by atomic mass is 10.0. The lowest BCUT2D eigenvalue weighted by Crippen LogP contribution is -1.94. The molecule has 1 aromatic rings. The Bertz CT molecular complexity index is 319. The van der Waals surface area contributed by atoms with Crippen molar-refractivity contribution in [2.24, 2.45) is 0 Å². The average Bonchev–Trinajstić information content (AvgIpc) is 2.44. The number of carbonyl (C=O) groups is 1. The lowest BCUT2D eigenvalue weighted by Gasteiger charge is -2.03. The van der Waals surface area contributed by atoms with Gasteiger partial charge < -0.3 is 0 Å². The van der Waals surface area contributed by atoms with Crippen LogP contribution in [0.15, 0.2) is 24.3 Å². The Labute approximate surface area is 76.4 Å². The molecule has 1 nitrogen and oxygen atoms in total. The molecule has 0 saturated heterocycles. The van der Waals surface area contributed by atoms with Crippen molar-refractivity contribution in [2.75, 3.05) is 5.88 Å². The van der Waals surface area contributed by atoms with E-state index in [1.54, 1.807) is 0 Å². The van der Waals surface area contributed by atoms with Gasteiger partial charge in [-0.25, -0.2) is 0 Å². The van der Waals surface area contributed by atoms with Crippen molar-refractivity contribution in [1.29, 1.82) is 0 Å². The lowest BCUT2D eigenvalue weighted by molar-refractivity contribution is 0.0990. The Balaban J connectivity index is 2.50. The van der Waals surface area contributed by atoms with Crippen LogP contribution in [0.4, 0.5) is 0 Å². The van der Waals surface area contributed by atoms with Gasteiger partial charge in [-0.1, -0.05) is 24.3 Å². The summed E-state index contributed by atoms with van der Waals surface area (Å²) in [6.07, 6.45) is 0.586. The van der Waals surface area contributed by atoms with E-state index in [1.807, 2.05) is 24.3 Å². The van der Waals surface area contributed by atoms with E-state index in [2.05, 4.69) is 0 Å². The first-order valence-electron chi connectivity index (χ1n) is 4.01. The molecule has 2 heteroatoms. The molecular formula is C10H9ClO. The van der Waals surface area contributed by atoms with Crippen LogP contribution in [0.1, 0.15) is 28.3 Å². The van der Waals surface area contributed by atoms with Gasteiger partial charge in [0.2, 0.25) is 0 Å². The summed E-state index contributed by atoms with van der Waals surface area (Å²) >= 11 is 5.75. The monoisotopic (exact) mass is 180 g/mol. The van der Waals surface area contributed by atoms with Gasteiger partial charge >= 0.3 is 0 Å². The standard InChI is InChI=1S/C10H9ClO/c11-6-7-5-10(12)9-4-2-1-3-8(7)9/h1-4,7H,5-6H2/t7-/m0/s1. The maximum Gasteiger partial charge on any atom is 0.163 e. The van der Waals surface area contributed by atoms with Gasteiger partial charge in [0.05, 0.1) is 0 Å². The normalized spacial score (nSPS) is 21.1. The van der Waals surface area contributed by atoms with Crippen molar-refractivity contribution in [2.45, 2.75) is 12.3 Å². The first-order chi connectivity index (χ1) is 5.83. The van der Waals surface area contributed by atoms with Crippen LogP contribution in [0.3, 0.4) is 0 Å². The van der Waals surface area contributed by atoms with E-state index in [9.17, 15) is 4.79 Å². The van der Waals surface area contributed by atoms with E-state index in [-0.39, 0.29) is 11.7 Å². The molecule has 0 radical (unpaired) electrons. The summed E-state index contributed by atoms with van der Waals surface area (Å²) in [6.45, 7) is 0. The van der Waals surface area contributed by atoms with Crippen molar-refractivity contribution in [1.82, 2.24) is 0 Å². The Kier molecular flexibility index (Phi) is 1.89. The van der Waals surface area contributed by atoms with Gasteiger partial charge in [0.1, 0.15) is 0 Å². The zero-order chi connectivity index (χ0) is 8.55. The maximum absolute atomic E-state index is 11.4. The first kappa shape index (κ1) is 7.81. The summed E-state index contributed by atoms with van der Waals surface area (Å²) in [6, 6.07) is 7.72. The predicted octanol–water partition coefficient (Wildman–Crippen LogP) is 2.60. The van der Waals surface area contributed by atoms with E-state index in [0.717, 1.165) is 11.1 Å². The van der Waals surface area contributed by atoms with Gasteiger partial charge in [0.15, 0.2) is 5.78 Å². The molecule has 0 aromatic heterocycles. The van der Waals surface area contributed by atoms with Gasteiger partial charge in [-0.05, 0) is 5.56 Å². The summed E-state index contributed by atoms with van der Waals surface area (Å²) in [5.41, 5.74) is 1.99. The van der Waals surface area contributed by atoms with Crippen molar-refractivity contribution in [3.8, 4) is 0 Å². The molecule has 2 rings (SSSR count). The molecule has 0 spiro atoms. The zero-order valence-corrected chi connectivity index (χ0v) is 7.34. The topological polar surface area (TPSA) is 17.1 Å². The fraction of sp³-hybridized carbons (Fsp3) is 0.300. The van der Waals surface area contributed by atoms with Gasteiger partial charge in [-0.2, -0.15) is 0 Å². The van der Waals surface area contributed by atoms with Crippen LogP contribution < -0.4 is 0 Å². The number of alkyl halides is 1. The molecule has 0 saturated carbocycles. The zero-order valence-electron chi connectivity index (χ0n) is 6.59. The fourth-order valence-electron chi connectivity index (χ4n) is 1.69. The number of hydrogen-bond donors (Lipinski definition) is 0. The highest BCUT2D eigenvalue weighted by molar-refractivity contribution is 6.19. The second-order valence-electron chi connectivity index (χ2n) is 3.07. The average molecular weight is 181 g/mol. The predicted molar refractivity (Wildman–Crippen MR) is 48.9 cm³/mol. The third-order valence-electron chi connectivity index (χ3n) is 2.32. The number of hydrogen-bond acceptors (Lipinski definition) is 1. The summed E-state index contributed by atoms with van der Waals surface area (Å²) in [7, 11) is 0. The molecule has 0 bridgehead atoms. The molecule has 62 valence electrons. The molecule has 0 heterocycles. The van der Waals surface area contributed by atoms with Crippen molar-refractivity contribution < 1.29 is 4.79 Å². The van der Waals surface area contributed by atoms with Gasteiger partial charge in [0, 0.05) is 23.8 Å². The smallest absolute Gasteiger partial charge is 0.163 e. The molecule has 0 unspecified atom stereocenters. The van der Waals surface area contributed by atoms with E-state index >= 15 is 0 Å². The number of halogens is 1. The molecule has 1 aliphatic rings. The van der Waals surface area contributed by atoms with Crippen LogP contribution in [-0.2, 0) is 0 Å². The number of carbonyl (C=O) groups excluding carboxylic acids is 1. The Morgan fingerprint density at radius 2 is 2.17 bits per heavy atom. The Morgan fingerprint density at radius 1 is 1.42 bits per heavy atom. The molecular weight excluding hydrogens is 172 g/mol. The van der Waals surface area contributed by atoms with Crippen LogP contribution in [0, 0.1) is 0 Å². The van der Waals surface area contributed by atoms with Crippen LogP contribution in [0.2, 0.25) is 0 Å². The van der Waals surface area contributed by atoms with Crippen molar-refractivity contribution in [3.63, 3.8) is 0 Å². The largest absolute Gasteiger partial charge is 0.294 e. The van der Waals surface area contributed by atoms with E-state index in [4.69, 9.17) is 11.6 Å². The number of fused-ring (bicyclic) bond motifs is 1. The molecule has 1 aliphatic carbocycles. The van der Waals surface area contributed by atoms with E-state index < -0.39 is 0 Å². The second kappa shape index (κ2) is 2.91. The van der Waals surface area contributed by atoms with Gasteiger partial charge in [-0.15, -0.1) is 11.6 Å². The highest BCUT2D eigenvalue weighted by Crippen LogP contribution is 2.33. The van der Waals surface area contributed by atoms with Crippen LogP contribution in [0.5, 0.6) is 0 Å². The van der Waals surface area contributed by atoms with Crippen LogP contribution >= 0.6 is 11.6 Å². The number of benzene rings is 1. The van der Waals surface area contributed by atoms with E-state index in [1.165, 1.54) is 0 Å². The first-order valence-corrected chi connectivity index (χ1v) is 4.54. The van der Waals surface area contributed by atoms with Gasteiger partial charge in [-0.3, -0.25) is 4.79 Å². The molecule has 0 fully saturated rings. The van der Waals surface area contributed by atoms with Crippen molar-refractivity contribution in [3.05, 3.63) is 35.4 Å². The fourth-order valence-corrected chi connectivity index (χ4v) is 1.96. The number of ketones is 1. The third kappa shape index (κ3) is 1.05. The van der Waals surface area contributed by atoms with Gasteiger partial charge in [0.25, 0.3) is 0 Å². The minimum atomic E-state index is 0.233. The molecule has 0 N–H and O–H groups in total. The number of Topliss-reactive ketones (excluding diaryl/α,β-unsaturated/α-hetero) is 1. The highest BCUT2D eigenvalue weighted by Gasteiger charge is 2.27. The Hall–Kier alpha value is -0.820. The number of rotatable bonds is 1. The molecule has 1 atom stereocenters. The van der Waals surface area contributed by atoms with Crippen LogP contribution in [0.25, 0.3) is 0 Å². The van der Waals surface area contributed by atoms with Crippen molar-refractivity contribution >= 4 is 17.4 Å². The molecule has 0 aliphatic heterocycles. The Morgan fingerprint density at radius 3 is 2.92 bits per heavy atom.